The van der Waals surface area contributed by atoms with Gasteiger partial charge in [0.1, 0.15) is 22.3 Å². The molecular weight excluding hydrogens is 1800 g/mol. The highest BCUT2D eigenvalue weighted by Crippen LogP contribution is 2.55. The summed E-state index contributed by atoms with van der Waals surface area (Å²) < 4.78 is 15.9. The topological polar surface area (TPSA) is 36.0 Å². The molecule has 0 saturated carbocycles. The smallest absolute Gasteiger partial charge is 0.143 e. The molecule has 0 fully saturated rings. The normalized spacial score (nSPS) is 11.9. The van der Waals surface area contributed by atoms with Gasteiger partial charge in [0.05, 0.1) is 5.69 Å². The van der Waals surface area contributed by atoms with Gasteiger partial charge in [-0.15, -0.1) is 11.3 Å². The second-order valence-electron chi connectivity index (χ2n) is 38.5. The Morgan fingerprint density at radius 1 is 0.177 bits per heavy atom. The zero-order chi connectivity index (χ0) is 97.8. The van der Waals surface area contributed by atoms with Crippen molar-refractivity contribution in [3.63, 3.8) is 0 Å². The minimum Gasteiger partial charge on any atom is -0.455 e. The molecule has 0 unspecified atom stereocenters. The first-order valence-electron chi connectivity index (χ1n) is 50.4. The standard InChI is InChI=1S/C49H35NO.C46H31NO.C46H31NS/c1-49(2)45-18-10-8-16-40(45)41-27-26-38(31-46(41)49)50(37-24-22-34(23-25-37)32-12-4-3-5-13-32)39-29-43(36-21-20-33-14-6-7-15-35(33)28-36)48-44(30-39)42-17-9-11-19-47(42)51-48;1-3-12-32(13-4-1)35-24-26-39(27-25-35)47(40-19-11-18-37(29-40)33-14-5-2-6-15-33)41-30-43(38-23-22-34-16-7-8-17-36(34)28-38)46-44(31-41)42-20-9-10-21-45(42)48-46;1-3-13-32(14-4-1)34-25-27-38(28-26-34)47(44-21-11-9-19-40(44)35-16-5-2-6-17-35)39-30-42(37-24-23-33-15-7-8-18-36(33)29-37)46-43(31-39)41-20-10-12-22-45(41)48-46/h3-31H,1-2H3;2*1-31H. The number of furan rings is 2. The molecule has 0 N–H and O–H groups in total. The fourth-order valence-corrected chi connectivity index (χ4v) is 23.2. The number of fused-ring (bicyclic) bond motifs is 15. The molecule has 694 valence electrons. The molecule has 5 nitrogen and oxygen atoms in total. The Bertz CT molecular complexity index is 9630. The molecule has 0 bridgehead atoms. The molecule has 1 aliphatic rings. The monoisotopic (exact) mass is 1900 g/mol. The maximum atomic E-state index is 6.67. The van der Waals surface area contributed by atoms with Crippen LogP contribution in [-0.4, -0.2) is 0 Å². The van der Waals surface area contributed by atoms with Gasteiger partial charge in [0, 0.05) is 115 Å². The summed E-state index contributed by atoms with van der Waals surface area (Å²) in [5.74, 6) is 0. The largest absolute Gasteiger partial charge is 0.455 e. The highest BCUT2D eigenvalue weighted by atomic mass is 32.1. The Kier molecular flexibility index (Phi) is 22.8. The predicted octanol–water partition coefficient (Wildman–Crippen LogP) is 40.7. The van der Waals surface area contributed by atoms with E-state index in [4.69, 9.17) is 8.83 Å². The summed E-state index contributed by atoms with van der Waals surface area (Å²) in [6.45, 7) is 4.70. The number of nitrogens with zero attached hydrogens (tertiary/aromatic N) is 3. The molecule has 0 atom stereocenters. The zero-order valence-electron chi connectivity index (χ0n) is 81.1. The van der Waals surface area contributed by atoms with Gasteiger partial charge in [0.15, 0.2) is 0 Å². The molecule has 24 aromatic carbocycles. The van der Waals surface area contributed by atoms with E-state index in [1.165, 1.54) is 142 Å². The number of benzene rings is 24. The van der Waals surface area contributed by atoms with Gasteiger partial charge in [0.25, 0.3) is 0 Å². The van der Waals surface area contributed by atoms with E-state index in [-0.39, 0.29) is 5.41 Å². The van der Waals surface area contributed by atoms with Crippen LogP contribution in [-0.2, 0) is 5.41 Å². The minimum absolute atomic E-state index is 0.119. The van der Waals surface area contributed by atoms with Gasteiger partial charge in [-0.3, -0.25) is 0 Å². The molecule has 0 spiro atoms. The van der Waals surface area contributed by atoms with E-state index in [0.29, 0.717) is 0 Å². The van der Waals surface area contributed by atoms with Crippen LogP contribution in [0.25, 0.3) is 197 Å². The Balaban J connectivity index is 0.000000112. The van der Waals surface area contributed by atoms with Gasteiger partial charge in [-0.25, -0.2) is 0 Å². The molecule has 27 aromatic rings. The lowest BCUT2D eigenvalue weighted by atomic mass is 9.82. The number of thiophene rings is 1. The summed E-state index contributed by atoms with van der Waals surface area (Å²) in [4.78, 5) is 7.22. The third-order valence-corrected chi connectivity index (χ3v) is 30.5. The Morgan fingerprint density at radius 3 is 1.01 bits per heavy atom. The van der Waals surface area contributed by atoms with Crippen molar-refractivity contribution in [2.45, 2.75) is 19.3 Å². The first-order valence-corrected chi connectivity index (χ1v) is 51.2. The lowest BCUT2D eigenvalue weighted by Gasteiger charge is -2.29. The van der Waals surface area contributed by atoms with Crippen molar-refractivity contribution in [1.82, 2.24) is 0 Å². The highest BCUT2D eigenvalue weighted by molar-refractivity contribution is 7.26. The van der Waals surface area contributed by atoms with Gasteiger partial charge in [-0.2, -0.15) is 0 Å². The lowest BCUT2D eigenvalue weighted by molar-refractivity contribution is 0.660. The quantitative estimate of drug-likeness (QED) is 0.0908. The first kappa shape index (κ1) is 88.5. The van der Waals surface area contributed by atoms with Gasteiger partial charge < -0.3 is 23.5 Å². The molecule has 0 amide bonds. The summed E-state index contributed by atoms with van der Waals surface area (Å²) in [6.07, 6.45) is 0. The van der Waals surface area contributed by atoms with Crippen molar-refractivity contribution >= 4 is 159 Å². The van der Waals surface area contributed by atoms with E-state index in [0.717, 1.165) is 117 Å². The third kappa shape index (κ3) is 16.8. The van der Waals surface area contributed by atoms with Crippen molar-refractivity contribution in [1.29, 1.82) is 0 Å². The average Bonchev–Trinajstić information content (AvgIpc) is 1.62. The number of hydrogen-bond acceptors (Lipinski definition) is 6. The van der Waals surface area contributed by atoms with Crippen LogP contribution in [0.2, 0.25) is 0 Å². The lowest BCUT2D eigenvalue weighted by Crippen LogP contribution is -2.16. The molecule has 1 aliphatic carbocycles. The summed E-state index contributed by atoms with van der Waals surface area (Å²) in [7, 11) is 0. The van der Waals surface area contributed by atoms with Crippen LogP contribution in [0.15, 0.2) is 561 Å². The average molecular weight is 1900 g/mol. The van der Waals surface area contributed by atoms with Gasteiger partial charge in [-0.1, -0.05) is 426 Å². The Hall–Kier alpha value is -18.7. The molecule has 28 rings (SSSR count). The van der Waals surface area contributed by atoms with Crippen LogP contribution in [0.5, 0.6) is 0 Å². The molecule has 3 heterocycles. The minimum atomic E-state index is -0.119. The van der Waals surface area contributed by atoms with Crippen molar-refractivity contribution in [3.05, 3.63) is 563 Å². The van der Waals surface area contributed by atoms with Crippen LogP contribution in [0.3, 0.4) is 0 Å². The number of rotatable bonds is 17. The summed E-state index contributed by atoms with van der Waals surface area (Å²) in [6, 6.07) is 199. The van der Waals surface area contributed by atoms with Gasteiger partial charge in [-0.05, 0) is 261 Å². The highest BCUT2D eigenvalue weighted by Gasteiger charge is 2.37. The van der Waals surface area contributed by atoms with E-state index in [9.17, 15) is 0 Å². The Labute approximate surface area is 858 Å². The second kappa shape index (κ2) is 37.9. The van der Waals surface area contributed by atoms with Crippen molar-refractivity contribution in [2.75, 3.05) is 14.7 Å². The maximum absolute atomic E-state index is 6.67. The van der Waals surface area contributed by atoms with E-state index < -0.39 is 0 Å². The number of anilines is 9. The third-order valence-electron chi connectivity index (χ3n) is 29.3. The number of hydrogen-bond donors (Lipinski definition) is 0. The van der Waals surface area contributed by atoms with Crippen LogP contribution >= 0.6 is 11.3 Å². The van der Waals surface area contributed by atoms with E-state index in [2.05, 4.69) is 568 Å². The second-order valence-corrected chi connectivity index (χ2v) is 39.6. The van der Waals surface area contributed by atoms with Crippen molar-refractivity contribution < 1.29 is 8.83 Å². The Morgan fingerprint density at radius 2 is 0.517 bits per heavy atom. The predicted molar refractivity (Wildman–Crippen MR) is 624 cm³/mol. The van der Waals surface area contributed by atoms with E-state index >= 15 is 0 Å². The summed E-state index contributed by atoms with van der Waals surface area (Å²) >= 11 is 1.88. The van der Waals surface area contributed by atoms with E-state index in [1.807, 2.05) is 23.5 Å². The van der Waals surface area contributed by atoms with Gasteiger partial charge in [0.2, 0.25) is 0 Å². The van der Waals surface area contributed by atoms with Gasteiger partial charge >= 0.3 is 0 Å². The zero-order valence-corrected chi connectivity index (χ0v) is 81.9. The molecule has 6 heteroatoms. The van der Waals surface area contributed by atoms with Crippen LogP contribution < -0.4 is 14.7 Å². The maximum Gasteiger partial charge on any atom is 0.143 e. The van der Waals surface area contributed by atoms with Crippen LogP contribution in [0, 0.1) is 0 Å². The summed E-state index contributed by atoms with van der Waals surface area (Å²) in [5.41, 5.74) is 37.5. The van der Waals surface area contributed by atoms with Crippen molar-refractivity contribution in [3.8, 4) is 100 Å². The molecule has 147 heavy (non-hydrogen) atoms. The molecule has 0 radical (unpaired) electrons. The number of para-hydroxylation sites is 3. The molecule has 3 aromatic heterocycles. The molecular formula is C141H97N3O2S. The van der Waals surface area contributed by atoms with Crippen LogP contribution in [0.4, 0.5) is 51.2 Å². The fourth-order valence-electron chi connectivity index (χ4n) is 22.0. The molecule has 0 saturated heterocycles. The van der Waals surface area contributed by atoms with E-state index in [1.54, 1.807) is 0 Å². The fraction of sp³-hybridized carbons (Fsp3) is 0.0213. The SMILES string of the molecule is CC1(C)c2ccccc2-c2ccc(N(c3ccc(-c4ccccc4)cc3)c3cc(-c4ccc5ccccc5c4)c4oc5ccccc5c4c3)cc21.c1ccc(-c2ccc(N(c3cc(-c4ccc5ccccc5c4)c4sc5ccccc5c4c3)c3ccccc3-c3ccccc3)cc2)cc1.c1ccc(-c2ccc(N(c3cccc(-c4ccccc4)c3)c3cc(-c4ccc5ccccc5c4)c4oc5ccccc5c4c3)cc2)cc1. The summed E-state index contributed by atoms with van der Waals surface area (Å²) in [5, 5.41) is 14.3. The van der Waals surface area contributed by atoms with Crippen molar-refractivity contribution in [2.24, 2.45) is 0 Å². The molecule has 0 aliphatic heterocycles. The van der Waals surface area contributed by atoms with Crippen LogP contribution in [0.1, 0.15) is 25.0 Å². The first-order chi connectivity index (χ1) is 72.6.